The largest absolute Gasteiger partial charge is 0.416 e. The summed E-state index contributed by atoms with van der Waals surface area (Å²) >= 11 is 0. The SMILES string of the molecule is CNC(=O)[C@H]1Cc2ccccc2N1S(=O)(=O)c1cccc(C(F)(F)F)c1. The molecule has 2 aromatic carbocycles. The van der Waals surface area contributed by atoms with Gasteiger partial charge in [-0.2, -0.15) is 13.2 Å². The second-order valence-electron chi connectivity index (χ2n) is 5.79. The van der Waals surface area contributed by atoms with E-state index in [0.717, 1.165) is 22.5 Å². The van der Waals surface area contributed by atoms with E-state index in [4.69, 9.17) is 0 Å². The van der Waals surface area contributed by atoms with Crippen molar-refractivity contribution in [2.75, 3.05) is 11.4 Å². The number of amides is 1. The minimum Gasteiger partial charge on any atom is -0.357 e. The summed E-state index contributed by atoms with van der Waals surface area (Å²) in [5.74, 6) is -0.531. The van der Waals surface area contributed by atoms with E-state index in [9.17, 15) is 26.4 Å². The molecule has 1 amide bonds. The van der Waals surface area contributed by atoms with Crippen LogP contribution in [0.4, 0.5) is 18.9 Å². The zero-order chi connectivity index (χ0) is 19.1. The van der Waals surface area contributed by atoms with Gasteiger partial charge in [-0.05, 0) is 29.8 Å². The van der Waals surface area contributed by atoms with Crippen molar-refractivity contribution in [3.05, 3.63) is 59.7 Å². The number of carbonyl (C=O) groups is 1. The van der Waals surface area contributed by atoms with Crippen LogP contribution in [0.25, 0.3) is 0 Å². The third-order valence-electron chi connectivity index (χ3n) is 4.19. The number of nitrogens with one attached hydrogen (secondary N) is 1. The first-order valence-corrected chi connectivity index (χ1v) is 9.11. The number of fused-ring (bicyclic) bond motifs is 1. The first-order chi connectivity index (χ1) is 12.2. The second kappa shape index (κ2) is 6.31. The Labute approximate surface area is 148 Å². The Morgan fingerprint density at radius 1 is 1.15 bits per heavy atom. The van der Waals surface area contributed by atoms with Gasteiger partial charge in [-0.1, -0.05) is 24.3 Å². The zero-order valence-corrected chi connectivity index (χ0v) is 14.4. The molecule has 1 atom stereocenters. The van der Waals surface area contributed by atoms with Crippen LogP contribution < -0.4 is 9.62 Å². The quantitative estimate of drug-likeness (QED) is 0.885. The molecule has 0 spiro atoms. The molecule has 0 saturated carbocycles. The lowest BCUT2D eigenvalue weighted by molar-refractivity contribution is -0.137. The summed E-state index contributed by atoms with van der Waals surface area (Å²) in [4.78, 5) is 11.7. The zero-order valence-electron chi connectivity index (χ0n) is 13.6. The van der Waals surface area contributed by atoms with Crippen molar-refractivity contribution in [1.29, 1.82) is 0 Å². The van der Waals surface area contributed by atoms with Crippen LogP contribution in [0.3, 0.4) is 0 Å². The third kappa shape index (κ3) is 3.03. The van der Waals surface area contributed by atoms with Gasteiger partial charge in [-0.25, -0.2) is 8.42 Å². The van der Waals surface area contributed by atoms with E-state index in [1.807, 2.05) is 0 Å². The number of sulfonamides is 1. The predicted octanol–water partition coefficient (Wildman–Crippen LogP) is 2.57. The van der Waals surface area contributed by atoms with Crippen molar-refractivity contribution in [3.8, 4) is 0 Å². The van der Waals surface area contributed by atoms with Crippen LogP contribution in [0.5, 0.6) is 0 Å². The van der Waals surface area contributed by atoms with Gasteiger partial charge in [-0.15, -0.1) is 0 Å². The molecule has 0 aromatic heterocycles. The fraction of sp³-hybridized carbons (Fsp3) is 0.235. The van der Waals surface area contributed by atoms with Gasteiger partial charge in [0.05, 0.1) is 16.1 Å². The molecule has 1 aliphatic rings. The Balaban J connectivity index is 2.14. The Hall–Kier alpha value is -2.55. The number of hydrogen-bond donors (Lipinski definition) is 1. The molecular weight excluding hydrogens is 369 g/mol. The van der Waals surface area contributed by atoms with Gasteiger partial charge in [0.25, 0.3) is 10.0 Å². The number of halogens is 3. The molecule has 9 heteroatoms. The van der Waals surface area contributed by atoms with Gasteiger partial charge in [-0.3, -0.25) is 9.10 Å². The molecule has 0 fully saturated rings. The van der Waals surface area contributed by atoms with Gasteiger partial charge in [0.2, 0.25) is 5.91 Å². The average Bonchev–Trinajstić information content (AvgIpc) is 3.00. The highest BCUT2D eigenvalue weighted by molar-refractivity contribution is 7.93. The number of carbonyl (C=O) groups excluding carboxylic acids is 1. The topological polar surface area (TPSA) is 66.5 Å². The van der Waals surface area contributed by atoms with Crippen molar-refractivity contribution >= 4 is 21.6 Å². The van der Waals surface area contributed by atoms with E-state index in [0.29, 0.717) is 17.3 Å². The molecule has 0 radical (unpaired) electrons. The Bertz CT molecular complexity index is 958. The lowest BCUT2D eigenvalue weighted by Crippen LogP contribution is -2.47. The van der Waals surface area contributed by atoms with E-state index < -0.39 is 38.6 Å². The molecule has 3 rings (SSSR count). The maximum Gasteiger partial charge on any atom is 0.416 e. The van der Waals surface area contributed by atoms with E-state index >= 15 is 0 Å². The van der Waals surface area contributed by atoms with Crippen LogP contribution in [0, 0.1) is 0 Å². The van der Waals surface area contributed by atoms with Crippen LogP contribution in [0.1, 0.15) is 11.1 Å². The van der Waals surface area contributed by atoms with Crippen molar-refractivity contribution in [3.63, 3.8) is 0 Å². The lowest BCUT2D eigenvalue weighted by atomic mass is 10.1. The highest BCUT2D eigenvalue weighted by atomic mass is 32.2. The number of benzene rings is 2. The molecule has 1 heterocycles. The highest BCUT2D eigenvalue weighted by Gasteiger charge is 2.42. The van der Waals surface area contributed by atoms with Gasteiger partial charge in [0.1, 0.15) is 6.04 Å². The molecule has 0 bridgehead atoms. The summed E-state index contributed by atoms with van der Waals surface area (Å²) in [7, 11) is -2.99. The summed E-state index contributed by atoms with van der Waals surface area (Å²) in [5, 5.41) is 2.41. The van der Waals surface area contributed by atoms with Crippen molar-refractivity contribution in [2.45, 2.75) is 23.5 Å². The highest BCUT2D eigenvalue weighted by Crippen LogP contribution is 2.38. The first-order valence-electron chi connectivity index (χ1n) is 7.67. The van der Waals surface area contributed by atoms with Crippen LogP contribution >= 0.6 is 0 Å². The summed E-state index contributed by atoms with van der Waals surface area (Å²) < 4.78 is 65.9. The van der Waals surface area contributed by atoms with Gasteiger partial charge >= 0.3 is 6.18 Å². The minimum atomic E-state index is -4.67. The smallest absolute Gasteiger partial charge is 0.357 e. The van der Waals surface area contributed by atoms with Crippen molar-refractivity contribution in [2.24, 2.45) is 0 Å². The summed E-state index contributed by atoms with van der Waals surface area (Å²) in [5.41, 5.74) is -0.141. The maximum atomic E-state index is 13.1. The van der Waals surface area contributed by atoms with Crippen molar-refractivity contribution in [1.82, 2.24) is 5.32 Å². The molecule has 138 valence electrons. The molecule has 26 heavy (non-hydrogen) atoms. The number of rotatable bonds is 3. The monoisotopic (exact) mass is 384 g/mol. The lowest BCUT2D eigenvalue weighted by Gasteiger charge is -2.26. The second-order valence-corrected chi connectivity index (χ2v) is 7.60. The summed E-state index contributed by atoms with van der Waals surface area (Å²) in [6.45, 7) is 0. The van der Waals surface area contributed by atoms with Crippen LogP contribution in [0.15, 0.2) is 53.4 Å². The van der Waals surface area contributed by atoms with Crippen LogP contribution in [-0.2, 0) is 27.4 Å². The minimum absolute atomic E-state index is 0.147. The normalized spacial score (nSPS) is 17.1. The van der Waals surface area contributed by atoms with Gasteiger partial charge in [0.15, 0.2) is 0 Å². The molecule has 5 nitrogen and oxygen atoms in total. The molecule has 2 aromatic rings. The fourth-order valence-electron chi connectivity index (χ4n) is 2.97. The first kappa shape index (κ1) is 18.2. The number of alkyl halides is 3. The maximum absolute atomic E-state index is 13.1. The van der Waals surface area contributed by atoms with E-state index in [1.165, 1.54) is 13.1 Å². The average molecular weight is 384 g/mol. The number of anilines is 1. The van der Waals surface area contributed by atoms with Crippen molar-refractivity contribution < 1.29 is 26.4 Å². The molecule has 0 saturated heterocycles. The molecule has 0 unspecified atom stereocenters. The Kier molecular flexibility index (Phi) is 4.43. The van der Waals surface area contributed by atoms with E-state index in [2.05, 4.69) is 5.32 Å². The molecular formula is C17H15F3N2O3S. The summed E-state index contributed by atoms with van der Waals surface area (Å²) in [6, 6.07) is 8.98. The van der Waals surface area contributed by atoms with Crippen LogP contribution in [-0.4, -0.2) is 27.4 Å². The van der Waals surface area contributed by atoms with Gasteiger partial charge < -0.3 is 5.32 Å². The number of nitrogens with zero attached hydrogens (tertiary/aromatic N) is 1. The van der Waals surface area contributed by atoms with E-state index in [1.54, 1.807) is 18.2 Å². The molecule has 0 aliphatic carbocycles. The molecule has 1 N–H and O–H groups in total. The third-order valence-corrected chi connectivity index (χ3v) is 6.01. The Morgan fingerprint density at radius 2 is 1.85 bits per heavy atom. The fourth-order valence-corrected chi connectivity index (χ4v) is 4.66. The van der Waals surface area contributed by atoms with Gasteiger partial charge in [0, 0.05) is 13.5 Å². The number of para-hydroxylation sites is 1. The predicted molar refractivity (Wildman–Crippen MR) is 89.1 cm³/mol. The number of likely N-dealkylation sites (N-methyl/N-ethyl adjacent to an activating group) is 1. The molecule has 1 aliphatic heterocycles. The van der Waals surface area contributed by atoms with E-state index in [-0.39, 0.29) is 6.42 Å². The number of hydrogen-bond acceptors (Lipinski definition) is 3. The Morgan fingerprint density at radius 3 is 2.50 bits per heavy atom. The van der Waals surface area contributed by atoms with Crippen LogP contribution in [0.2, 0.25) is 0 Å². The standard InChI is InChI=1S/C17H15F3N2O3S/c1-21-16(23)15-9-11-5-2-3-8-14(11)22(15)26(24,25)13-7-4-6-12(10-13)17(18,19)20/h2-8,10,15H,9H2,1H3,(H,21,23)/t15-/m1/s1. The summed E-state index contributed by atoms with van der Waals surface area (Å²) in [6.07, 6.45) is -4.53.